The summed E-state index contributed by atoms with van der Waals surface area (Å²) in [5.41, 5.74) is 0.810. The van der Waals surface area contributed by atoms with Crippen LogP contribution in [0.15, 0.2) is 24.3 Å². The molecule has 0 saturated heterocycles. The van der Waals surface area contributed by atoms with E-state index in [4.69, 9.17) is 9.84 Å². The summed E-state index contributed by atoms with van der Waals surface area (Å²) in [6.45, 7) is 15.6. The van der Waals surface area contributed by atoms with Gasteiger partial charge in [-0.3, -0.25) is 0 Å². The molecule has 0 bridgehead atoms. The van der Waals surface area contributed by atoms with Crippen molar-refractivity contribution in [1.29, 1.82) is 0 Å². The van der Waals surface area contributed by atoms with Crippen molar-refractivity contribution in [3.63, 3.8) is 0 Å². The molecule has 4 heteroatoms. The van der Waals surface area contributed by atoms with Crippen molar-refractivity contribution in [3.8, 4) is 0 Å². The quantitative estimate of drug-likeness (QED) is 0.288. The first-order valence-corrected chi connectivity index (χ1v) is 8.96. The first-order valence-electron chi connectivity index (χ1n) is 8.96. The Labute approximate surface area is 148 Å². The SMILES string of the molecule is C=C(C)C(=O)OCCCC.C=C(CCCCCCC(C)C)C(=O)O. The van der Waals surface area contributed by atoms with Crippen LogP contribution in [0, 0.1) is 5.92 Å². The zero-order valence-corrected chi connectivity index (χ0v) is 16.0. The molecule has 0 fully saturated rings. The molecule has 0 aliphatic carbocycles. The van der Waals surface area contributed by atoms with Gasteiger partial charge in [-0.25, -0.2) is 9.59 Å². The summed E-state index contributed by atoms with van der Waals surface area (Å²) in [4.78, 5) is 21.1. The lowest BCUT2D eigenvalue weighted by Crippen LogP contribution is -2.05. The number of carboxylic acid groups (broad SMARTS) is 1. The van der Waals surface area contributed by atoms with E-state index in [1.54, 1.807) is 6.92 Å². The zero-order valence-electron chi connectivity index (χ0n) is 16.0. The molecule has 0 aliphatic rings. The van der Waals surface area contributed by atoms with Crippen LogP contribution in [0.3, 0.4) is 0 Å². The fourth-order valence-corrected chi connectivity index (χ4v) is 1.78. The van der Waals surface area contributed by atoms with Crippen molar-refractivity contribution in [2.75, 3.05) is 6.61 Å². The number of aliphatic carboxylic acids is 1. The van der Waals surface area contributed by atoms with Gasteiger partial charge in [0.1, 0.15) is 0 Å². The van der Waals surface area contributed by atoms with E-state index in [0.29, 0.717) is 24.2 Å². The van der Waals surface area contributed by atoms with Gasteiger partial charge in [-0.1, -0.05) is 66.0 Å². The number of esters is 1. The van der Waals surface area contributed by atoms with Gasteiger partial charge in [-0.15, -0.1) is 0 Å². The van der Waals surface area contributed by atoms with E-state index in [1.165, 1.54) is 19.3 Å². The van der Waals surface area contributed by atoms with Crippen LogP contribution < -0.4 is 0 Å². The summed E-state index contributed by atoms with van der Waals surface area (Å²) in [6.07, 6.45) is 8.45. The zero-order chi connectivity index (χ0) is 19.0. The van der Waals surface area contributed by atoms with Crippen LogP contribution in [0.2, 0.25) is 0 Å². The summed E-state index contributed by atoms with van der Waals surface area (Å²) in [5, 5.41) is 8.56. The lowest BCUT2D eigenvalue weighted by atomic mass is 10.0. The second-order valence-electron chi connectivity index (χ2n) is 6.53. The van der Waals surface area contributed by atoms with Gasteiger partial charge in [0.2, 0.25) is 0 Å². The van der Waals surface area contributed by atoms with Crippen LogP contribution in [0.25, 0.3) is 0 Å². The van der Waals surface area contributed by atoms with Crippen molar-refractivity contribution < 1.29 is 19.4 Å². The van der Waals surface area contributed by atoms with E-state index in [1.807, 2.05) is 0 Å². The van der Waals surface area contributed by atoms with Crippen molar-refractivity contribution in [1.82, 2.24) is 0 Å². The monoisotopic (exact) mass is 340 g/mol. The first kappa shape index (κ1) is 24.7. The Bertz CT molecular complexity index is 383. The van der Waals surface area contributed by atoms with E-state index in [0.717, 1.165) is 31.6 Å². The van der Waals surface area contributed by atoms with E-state index in [-0.39, 0.29) is 5.97 Å². The number of unbranched alkanes of at least 4 members (excludes halogenated alkanes) is 4. The fraction of sp³-hybridized carbons (Fsp3) is 0.700. The number of carbonyl (C=O) groups excluding carboxylic acids is 1. The molecule has 0 rings (SSSR count). The summed E-state index contributed by atoms with van der Waals surface area (Å²) in [6, 6.07) is 0. The summed E-state index contributed by atoms with van der Waals surface area (Å²) >= 11 is 0. The average Bonchev–Trinajstić information content (AvgIpc) is 2.50. The molecule has 0 spiro atoms. The van der Waals surface area contributed by atoms with E-state index >= 15 is 0 Å². The molecule has 4 nitrogen and oxygen atoms in total. The van der Waals surface area contributed by atoms with Crippen molar-refractivity contribution in [3.05, 3.63) is 24.3 Å². The first-order chi connectivity index (χ1) is 11.2. The number of hydrogen-bond donors (Lipinski definition) is 1. The molecule has 0 aromatic carbocycles. The standard InChI is InChI=1S/C12H22O2.C8H14O2/c1-10(2)8-6-4-5-7-9-11(3)12(13)14;1-4-5-6-10-8(9)7(2)3/h10H,3-9H2,1-2H3,(H,13,14);2,4-6H2,1,3H3. The molecule has 24 heavy (non-hydrogen) atoms. The van der Waals surface area contributed by atoms with Gasteiger partial charge < -0.3 is 9.84 Å². The van der Waals surface area contributed by atoms with Gasteiger partial charge in [-0.2, -0.15) is 0 Å². The number of carboxylic acids is 1. The third-order valence-corrected chi connectivity index (χ3v) is 3.39. The van der Waals surface area contributed by atoms with Crippen LogP contribution in [-0.2, 0) is 14.3 Å². The second-order valence-corrected chi connectivity index (χ2v) is 6.53. The average molecular weight is 341 g/mol. The highest BCUT2D eigenvalue weighted by molar-refractivity contribution is 5.86. The normalized spacial score (nSPS) is 9.88. The number of carbonyl (C=O) groups is 2. The number of ether oxygens (including phenoxy) is 1. The second kappa shape index (κ2) is 16.3. The van der Waals surface area contributed by atoms with Gasteiger partial charge >= 0.3 is 11.9 Å². The maximum Gasteiger partial charge on any atom is 0.333 e. The number of hydrogen-bond acceptors (Lipinski definition) is 3. The third kappa shape index (κ3) is 18.5. The molecule has 1 N–H and O–H groups in total. The molecule has 0 aromatic heterocycles. The summed E-state index contributed by atoms with van der Waals surface area (Å²) < 4.78 is 4.81. The minimum absolute atomic E-state index is 0.284. The maximum absolute atomic E-state index is 10.7. The Balaban J connectivity index is 0. The van der Waals surface area contributed by atoms with Crippen LogP contribution in [0.1, 0.15) is 79.1 Å². The molecule has 0 atom stereocenters. The van der Waals surface area contributed by atoms with E-state index in [9.17, 15) is 9.59 Å². The molecule has 140 valence electrons. The Morgan fingerprint density at radius 1 is 1.04 bits per heavy atom. The minimum Gasteiger partial charge on any atom is -0.478 e. The van der Waals surface area contributed by atoms with Crippen LogP contribution in [-0.4, -0.2) is 23.7 Å². The Morgan fingerprint density at radius 2 is 1.62 bits per heavy atom. The Kier molecular flexibility index (Phi) is 16.7. The molecule has 0 unspecified atom stereocenters. The van der Waals surface area contributed by atoms with Gasteiger partial charge in [0.25, 0.3) is 0 Å². The Morgan fingerprint density at radius 3 is 2.08 bits per heavy atom. The van der Waals surface area contributed by atoms with Crippen molar-refractivity contribution in [2.45, 2.75) is 79.1 Å². The summed E-state index contributed by atoms with van der Waals surface area (Å²) in [7, 11) is 0. The van der Waals surface area contributed by atoms with E-state index < -0.39 is 5.97 Å². The smallest absolute Gasteiger partial charge is 0.333 e. The van der Waals surface area contributed by atoms with Crippen LogP contribution in [0.5, 0.6) is 0 Å². The largest absolute Gasteiger partial charge is 0.478 e. The van der Waals surface area contributed by atoms with E-state index in [2.05, 4.69) is 33.9 Å². The van der Waals surface area contributed by atoms with Crippen molar-refractivity contribution >= 4 is 11.9 Å². The highest BCUT2D eigenvalue weighted by Gasteiger charge is 2.02. The third-order valence-electron chi connectivity index (χ3n) is 3.39. The van der Waals surface area contributed by atoms with Crippen LogP contribution in [0.4, 0.5) is 0 Å². The predicted molar refractivity (Wildman–Crippen MR) is 100.0 cm³/mol. The molecular formula is C20H36O4. The topological polar surface area (TPSA) is 63.6 Å². The van der Waals surface area contributed by atoms with Gasteiger partial charge in [-0.05, 0) is 32.1 Å². The van der Waals surface area contributed by atoms with Gasteiger partial charge in [0.15, 0.2) is 0 Å². The molecule has 0 amide bonds. The minimum atomic E-state index is -0.854. The molecular weight excluding hydrogens is 304 g/mol. The molecule has 0 radical (unpaired) electrons. The number of rotatable bonds is 12. The highest BCUT2D eigenvalue weighted by atomic mass is 16.5. The van der Waals surface area contributed by atoms with Gasteiger partial charge in [0.05, 0.1) is 6.61 Å². The molecule has 0 heterocycles. The van der Waals surface area contributed by atoms with Crippen LogP contribution >= 0.6 is 0 Å². The molecule has 0 aromatic rings. The van der Waals surface area contributed by atoms with Gasteiger partial charge in [0, 0.05) is 11.1 Å². The lowest BCUT2D eigenvalue weighted by Gasteiger charge is -2.04. The van der Waals surface area contributed by atoms with Crippen molar-refractivity contribution in [2.24, 2.45) is 5.92 Å². The Hall–Kier alpha value is -1.58. The molecule has 0 saturated carbocycles. The maximum atomic E-state index is 10.7. The summed E-state index contributed by atoms with van der Waals surface area (Å²) in [5.74, 6) is -0.357. The molecule has 0 aliphatic heterocycles. The highest BCUT2D eigenvalue weighted by Crippen LogP contribution is 2.12. The fourth-order valence-electron chi connectivity index (χ4n) is 1.78. The lowest BCUT2D eigenvalue weighted by molar-refractivity contribution is -0.139. The predicted octanol–water partition coefficient (Wildman–Crippen LogP) is 5.53.